The van der Waals surface area contributed by atoms with Crippen LogP contribution in [0.3, 0.4) is 0 Å². The van der Waals surface area contributed by atoms with Crippen molar-refractivity contribution in [3.63, 3.8) is 0 Å². The average Bonchev–Trinajstić information content (AvgIpc) is 3.34. The minimum absolute atomic E-state index is 0.116. The monoisotopic (exact) mass is 387 g/mol. The van der Waals surface area contributed by atoms with Crippen molar-refractivity contribution >= 4 is 5.91 Å². The lowest BCUT2D eigenvalue weighted by Gasteiger charge is -2.37. The van der Waals surface area contributed by atoms with Crippen molar-refractivity contribution < 1.29 is 9.32 Å². The maximum Gasteiger partial charge on any atom is 0.276 e. The third-order valence-corrected chi connectivity index (χ3v) is 7.33. The van der Waals surface area contributed by atoms with Gasteiger partial charge in [-0.2, -0.15) is 0 Å². The number of nitrogens with zero attached hydrogens (tertiary/aromatic N) is 3. The van der Waals surface area contributed by atoms with Crippen LogP contribution in [0.25, 0.3) is 0 Å². The molecule has 0 unspecified atom stereocenters. The second-order valence-corrected chi connectivity index (χ2v) is 10.2. The first-order valence-electron chi connectivity index (χ1n) is 11.4. The number of hydrogen-bond acceptors (Lipinski definition) is 4. The van der Waals surface area contributed by atoms with Crippen molar-refractivity contribution in [2.75, 3.05) is 26.2 Å². The van der Waals surface area contributed by atoms with E-state index >= 15 is 0 Å². The summed E-state index contributed by atoms with van der Waals surface area (Å²) in [5.74, 6) is 1.65. The smallest absolute Gasteiger partial charge is 0.276 e. The molecule has 2 aliphatic heterocycles. The Balaban J connectivity index is 1.47. The fourth-order valence-electron chi connectivity index (χ4n) is 5.35. The predicted molar refractivity (Wildman–Crippen MR) is 110 cm³/mol. The van der Waals surface area contributed by atoms with Crippen LogP contribution in [-0.2, 0) is 12.8 Å². The molecular formula is C23H37N3O2. The lowest BCUT2D eigenvalue weighted by Crippen LogP contribution is -2.45. The predicted octanol–water partition coefficient (Wildman–Crippen LogP) is 4.31. The number of piperidine rings is 1. The van der Waals surface area contributed by atoms with Crippen molar-refractivity contribution in [3.8, 4) is 0 Å². The molecule has 1 aliphatic carbocycles. The molecule has 2 saturated heterocycles. The summed E-state index contributed by atoms with van der Waals surface area (Å²) >= 11 is 0. The highest BCUT2D eigenvalue weighted by molar-refractivity contribution is 5.94. The van der Waals surface area contributed by atoms with Gasteiger partial charge in [0.05, 0.1) is 0 Å². The van der Waals surface area contributed by atoms with Crippen LogP contribution < -0.4 is 0 Å². The molecule has 0 spiro atoms. The topological polar surface area (TPSA) is 49.6 Å². The summed E-state index contributed by atoms with van der Waals surface area (Å²) in [5.41, 5.74) is 1.95. The standard InChI is InChI=1S/C23H37N3O2/c1-23(2,3)17-9-10-20-19(16-17)21(24-28-20)22(27)26-14-5-4-8-18(26)11-15-25-12-6-7-13-25/h17-18H,4-16H2,1-3H3/t17-,18-/m0/s1. The summed E-state index contributed by atoms with van der Waals surface area (Å²) in [6, 6.07) is 0.358. The van der Waals surface area contributed by atoms with Crippen LogP contribution in [0.2, 0.25) is 0 Å². The number of aryl methyl sites for hydroxylation is 1. The second kappa shape index (κ2) is 8.17. The molecule has 3 heterocycles. The molecule has 0 saturated carbocycles. The van der Waals surface area contributed by atoms with E-state index < -0.39 is 0 Å². The maximum absolute atomic E-state index is 13.5. The number of carbonyl (C=O) groups is 1. The molecule has 3 aliphatic rings. The Morgan fingerprint density at radius 1 is 1.11 bits per heavy atom. The number of aromatic nitrogens is 1. The Labute approximate surface area is 169 Å². The van der Waals surface area contributed by atoms with Gasteiger partial charge in [0.1, 0.15) is 5.76 Å². The SMILES string of the molecule is CC(C)(C)[C@H]1CCc2onc(C(=O)N3CCCC[C@H]3CCN3CCCC3)c2C1. The molecule has 0 N–H and O–H groups in total. The third kappa shape index (κ3) is 4.14. The van der Waals surface area contributed by atoms with E-state index in [1.54, 1.807) is 0 Å². The molecule has 28 heavy (non-hydrogen) atoms. The van der Waals surface area contributed by atoms with Gasteiger partial charge in [-0.05, 0) is 75.8 Å². The molecular weight excluding hydrogens is 350 g/mol. The molecule has 2 fully saturated rings. The molecule has 5 nitrogen and oxygen atoms in total. The molecule has 5 heteroatoms. The number of hydrogen-bond donors (Lipinski definition) is 0. The quantitative estimate of drug-likeness (QED) is 0.773. The minimum atomic E-state index is 0.116. The first kappa shape index (κ1) is 19.9. The number of fused-ring (bicyclic) bond motifs is 1. The number of carbonyl (C=O) groups excluding carboxylic acids is 1. The van der Waals surface area contributed by atoms with Gasteiger partial charge in [-0.1, -0.05) is 25.9 Å². The second-order valence-electron chi connectivity index (χ2n) is 10.2. The first-order chi connectivity index (χ1) is 13.4. The van der Waals surface area contributed by atoms with E-state index in [9.17, 15) is 4.79 Å². The molecule has 0 bridgehead atoms. The Morgan fingerprint density at radius 3 is 2.61 bits per heavy atom. The Kier molecular flexibility index (Phi) is 5.82. The van der Waals surface area contributed by atoms with Crippen molar-refractivity contribution in [2.24, 2.45) is 11.3 Å². The van der Waals surface area contributed by atoms with Crippen LogP contribution in [0.4, 0.5) is 0 Å². The summed E-state index contributed by atoms with van der Waals surface area (Å²) in [5, 5.41) is 4.28. The summed E-state index contributed by atoms with van der Waals surface area (Å²) in [6.07, 6.45) is 10.2. The number of rotatable bonds is 4. The third-order valence-electron chi connectivity index (χ3n) is 7.33. The van der Waals surface area contributed by atoms with Crippen molar-refractivity contribution in [2.45, 2.75) is 84.6 Å². The molecule has 0 aromatic carbocycles. The fourth-order valence-corrected chi connectivity index (χ4v) is 5.35. The van der Waals surface area contributed by atoms with E-state index in [1.165, 1.54) is 32.4 Å². The van der Waals surface area contributed by atoms with Crippen molar-refractivity contribution in [3.05, 3.63) is 17.0 Å². The Morgan fingerprint density at radius 2 is 1.86 bits per heavy atom. The molecule has 0 radical (unpaired) electrons. The maximum atomic E-state index is 13.5. The van der Waals surface area contributed by atoms with Crippen LogP contribution in [0.1, 0.15) is 87.5 Å². The highest BCUT2D eigenvalue weighted by Crippen LogP contribution is 2.39. The highest BCUT2D eigenvalue weighted by Gasteiger charge is 2.37. The van der Waals surface area contributed by atoms with Gasteiger partial charge in [0.2, 0.25) is 0 Å². The number of likely N-dealkylation sites (tertiary alicyclic amines) is 2. The lowest BCUT2D eigenvalue weighted by molar-refractivity contribution is 0.0576. The average molecular weight is 388 g/mol. The zero-order valence-electron chi connectivity index (χ0n) is 18.0. The molecule has 1 amide bonds. The normalized spacial score (nSPS) is 26.5. The van der Waals surface area contributed by atoms with Crippen LogP contribution in [0.5, 0.6) is 0 Å². The van der Waals surface area contributed by atoms with Crippen LogP contribution in [0.15, 0.2) is 4.52 Å². The van der Waals surface area contributed by atoms with Gasteiger partial charge >= 0.3 is 0 Å². The summed E-state index contributed by atoms with van der Waals surface area (Å²) in [4.78, 5) is 18.2. The van der Waals surface area contributed by atoms with E-state index in [0.29, 0.717) is 17.7 Å². The Hall–Kier alpha value is -1.36. The Bertz CT molecular complexity index is 685. The van der Waals surface area contributed by atoms with Crippen molar-refractivity contribution in [1.82, 2.24) is 15.0 Å². The number of amides is 1. The van der Waals surface area contributed by atoms with Gasteiger partial charge in [-0.3, -0.25) is 4.79 Å². The van der Waals surface area contributed by atoms with E-state index in [2.05, 4.69) is 35.7 Å². The van der Waals surface area contributed by atoms with Gasteiger partial charge in [-0.15, -0.1) is 0 Å². The van der Waals surface area contributed by atoms with E-state index in [0.717, 1.165) is 62.9 Å². The fraction of sp³-hybridized carbons (Fsp3) is 0.826. The summed E-state index contributed by atoms with van der Waals surface area (Å²) in [6.45, 7) is 11.4. The lowest BCUT2D eigenvalue weighted by atomic mass is 9.71. The van der Waals surface area contributed by atoms with Gasteiger partial charge in [0.15, 0.2) is 5.69 Å². The van der Waals surface area contributed by atoms with Gasteiger partial charge in [-0.25, -0.2) is 0 Å². The molecule has 2 atom stereocenters. The minimum Gasteiger partial charge on any atom is -0.360 e. The zero-order chi connectivity index (χ0) is 19.7. The molecule has 4 rings (SSSR count). The molecule has 1 aromatic heterocycles. The van der Waals surface area contributed by atoms with Gasteiger partial charge in [0, 0.05) is 31.1 Å². The molecule has 1 aromatic rings. The zero-order valence-corrected chi connectivity index (χ0v) is 18.0. The van der Waals surface area contributed by atoms with Gasteiger partial charge in [0.25, 0.3) is 5.91 Å². The van der Waals surface area contributed by atoms with Crippen LogP contribution in [0, 0.1) is 11.3 Å². The van der Waals surface area contributed by atoms with Crippen LogP contribution in [-0.4, -0.2) is 53.1 Å². The molecule has 156 valence electrons. The highest BCUT2D eigenvalue weighted by atomic mass is 16.5. The largest absolute Gasteiger partial charge is 0.360 e. The van der Waals surface area contributed by atoms with Crippen LogP contribution >= 0.6 is 0 Å². The first-order valence-corrected chi connectivity index (χ1v) is 11.4. The van der Waals surface area contributed by atoms with E-state index in [1.807, 2.05) is 0 Å². The van der Waals surface area contributed by atoms with E-state index in [-0.39, 0.29) is 11.3 Å². The summed E-state index contributed by atoms with van der Waals surface area (Å²) < 4.78 is 5.63. The van der Waals surface area contributed by atoms with Crippen molar-refractivity contribution in [1.29, 1.82) is 0 Å². The van der Waals surface area contributed by atoms with Gasteiger partial charge < -0.3 is 14.3 Å². The van der Waals surface area contributed by atoms with E-state index in [4.69, 9.17) is 4.52 Å². The summed E-state index contributed by atoms with van der Waals surface area (Å²) in [7, 11) is 0.